The number of carbonyl (C=O) groups excluding carboxylic acids is 1. The number of aromatic nitrogens is 1. The van der Waals surface area contributed by atoms with Crippen molar-refractivity contribution in [3.8, 4) is 0 Å². The van der Waals surface area contributed by atoms with Crippen molar-refractivity contribution < 1.29 is 19.1 Å². The van der Waals surface area contributed by atoms with Crippen molar-refractivity contribution in [1.29, 1.82) is 0 Å². The smallest absolute Gasteiger partial charge is 0.357 e. The second-order valence-electron chi connectivity index (χ2n) is 4.21. The molecule has 2 rings (SSSR count). The van der Waals surface area contributed by atoms with Crippen LogP contribution in [0.4, 0.5) is 0 Å². The molecule has 0 radical (unpaired) electrons. The Morgan fingerprint density at radius 2 is 2.06 bits per heavy atom. The fourth-order valence-electron chi connectivity index (χ4n) is 1.89. The predicted octanol–water partition coefficient (Wildman–Crippen LogP) is 0.0369. The molecule has 7 nitrogen and oxygen atoms in total. The molecule has 1 aliphatic heterocycles. The highest BCUT2D eigenvalue weighted by Gasteiger charge is 2.20. The van der Waals surface area contributed by atoms with Crippen LogP contribution in [-0.4, -0.2) is 57.9 Å². The van der Waals surface area contributed by atoms with E-state index in [9.17, 15) is 9.59 Å². The summed E-state index contributed by atoms with van der Waals surface area (Å²) < 4.78 is 5.09. The molecule has 1 amide bonds. The summed E-state index contributed by atoms with van der Waals surface area (Å²) >= 11 is 0. The van der Waals surface area contributed by atoms with E-state index >= 15 is 0 Å². The maximum absolute atomic E-state index is 11.2. The van der Waals surface area contributed by atoms with Crippen LogP contribution >= 0.6 is 0 Å². The van der Waals surface area contributed by atoms with Gasteiger partial charge in [-0.1, -0.05) is 0 Å². The lowest BCUT2D eigenvalue weighted by atomic mass is 10.3. The third-order valence-corrected chi connectivity index (χ3v) is 2.95. The first kappa shape index (κ1) is 12.6. The number of hydrogen-bond acceptors (Lipinski definition) is 5. The number of carbonyl (C=O) groups is 2. The number of amides is 1. The topological polar surface area (TPSA) is 86.9 Å². The second-order valence-corrected chi connectivity index (χ2v) is 4.21. The van der Waals surface area contributed by atoms with Crippen molar-refractivity contribution >= 4 is 11.9 Å². The maximum atomic E-state index is 11.2. The summed E-state index contributed by atoms with van der Waals surface area (Å²) in [6.07, 6.45) is 1.14. The van der Waals surface area contributed by atoms with E-state index in [1.165, 1.54) is 0 Å². The van der Waals surface area contributed by atoms with Gasteiger partial charge in [0.1, 0.15) is 6.26 Å². The van der Waals surface area contributed by atoms with Crippen LogP contribution in [0.15, 0.2) is 10.7 Å². The zero-order valence-corrected chi connectivity index (χ0v) is 10.1. The average Bonchev–Trinajstić information content (AvgIpc) is 2.78. The minimum absolute atomic E-state index is 0.0765. The van der Waals surface area contributed by atoms with Crippen molar-refractivity contribution in [2.75, 3.05) is 26.2 Å². The largest absolute Gasteiger partial charge is 0.476 e. The van der Waals surface area contributed by atoms with Gasteiger partial charge in [0, 0.05) is 33.1 Å². The molecule has 1 saturated heterocycles. The van der Waals surface area contributed by atoms with Crippen LogP contribution in [0.25, 0.3) is 0 Å². The Morgan fingerprint density at radius 3 is 2.56 bits per heavy atom. The molecule has 0 atom stereocenters. The highest BCUT2D eigenvalue weighted by Crippen LogP contribution is 2.09. The van der Waals surface area contributed by atoms with Crippen LogP contribution in [-0.2, 0) is 11.3 Å². The van der Waals surface area contributed by atoms with Crippen molar-refractivity contribution in [2.45, 2.75) is 13.5 Å². The van der Waals surface area contributed by atoms with Crippen molar-refractivity contribution in [2.24, 2.45) is 0 Å². The summed E-state index contributed by atoms with van der Waals surface area (Å²) in [7, 11) is 0. The maximum Gasteiger partial charge on any atom is 0.357 e. The van der Waals surface area contributed by atoms with E-state index in [2.05, 4.69) is 9.88 Å². The van der Waals surface area contributed by atoms with Gasteiger partial charge in [-0.2, -0.15) is 0 Å². The summed E-state index contributed by atoms with van der Waals surface area (Å²) in [5, 5.41) is 8.72. The van der Waals surface area contributed by atoms with E-state index in [0.29, 0.717) is 25.5 Å². The standard InChI is InChI=1S/C11H15N3O4/c1-8(15)14-4-2-13(3-5-14)6-10-12-9(7-18-10)11(16)17/h7H,2-6H2,1H3,(H,16,17). The first-order chi connectivity index (χ1) is 8.56. The minimum Gasteiger partial charge on any atom is -0.476 e. The number of oxazole rings is 1. The number of piperazine rings is 1. The van der Waals surface area contributed by atoms with E-state index in [4.69, 9.17) is 9.52 Å². The van der Waals surface area contributed by atoms with E-state index in [1.807, 2.05) is 0 Å². The van der Waals surface area contributed by atoms with Gasteiger partial charge in [-0.05, 0) is 0 Å². The number of nitrogens with zero attached hydrogens (tertiary/aromatic N) is 3. The van der Waals surface area contributed by atoms with Crippen LogP contribution in [0.5, 0.6) is 0 Å². The zero-order chi connectivity index (χ0) is 13.1. The lowest BCUT2D eigenvalue weighted by Crippen LogP contribution is -2.47. The minimum atomic E-state index is -1.09. The van der Waals surface area contributed by atoms with Gasteiger partial charge in [-0.25, -0.2) is 9.78 Å². The van der Waals surface area contributed by atoms with Crippen molar-refractivity contribution in [3.05, 3.63) is 17.8 Å². The molecule has 18 heavy (non-hydrogen) atoms. The van der Waals surface area contributed by atoms with E-state index < -0.39 is 5.97 Å². The molecule has 1 fully saturated rings. The van der Waals surface area contributed by atoms with Crippen LogP contribution in [0, 0.1) is 0 Å². The third kappa shape index (κ3) is 2.86. The van der Waals surface area contributed by atoms with Crippen LogP contribution < -0.4 is 0 Å². The fraction of sp³-hybridized carbons (Fsp3) is 0.545. The zero-order valence-electron chi connectivity index (χ0n) is 10.1. The van der Waals surface area contributed by atoms with Gasteiger partial charge >= 0.3 is 5.97 Å². The Morgan fingerprint density at radius 1 is 1.39 bits per heavy atom. The van der Waals surface area contributed by atoms with E-state index in [0.717, 1.165) is 19.4 Å². The van der Waals surface area contributed by atoms with Gasteiger partial charge in [-0.3, -0.25) is 9.69 Å². The van der Waals surface area contributed by atoms with E-state index in [-0.39, 0.29) is 11.6 Å². The molecule has 0 aromatic carbocycles. The first-order valence-corrected chi connectivity index (χ1v) is 5.72. The highest BCUT2D eigenvalue weighted by atomic mass is 16.4. The predicted molar refractivity (Wildman–Crippen MR) is 61.0 cm³/mol. The molecule has 1 aromatic heterocycles. The van der Waals surface area contributed by atoms with Crippen molar-refractivity contribution in [3.63, 3.8) is 0 Å². The molecule has 98 valence electrons. The van der Waals surface area contributed by atoms with Gasteiger partial charge in [-0.15, -0.1) is 0 Å². The monoisotopic (exact) mass is 253 g/mol. The van der Waals surface area contributed by atoms with Crippen molar-refractivity contribution in [1.82, 2.24) is 14.8 Å². The van der Waals surface area contributed by atoms with Crippen LogP contribution in [0.3, 0.4) is 0 Å². The SMILES string of the molecule is CC(=O)N1CCN(Cc2nc(C(=O)O)co2)CC1. The number of carboxylic acids is 1. The summed E-state index contributed by atoms with van der Waals surface area (Å²) in [5.74, 6) is -0.617. The summed E-state index contributed by atoms with van der Waals surface area (Å²) in [6.45, 7) is 4.88. The summed E-state index contributed by atoms with van der Waals surface area (Å²) in [4.78, 5) is 29.5. The molecule has 2 heterocycles. The number of hydrogen-bond donors (Lipinski definition) is 1. The number of carboxylic acid groups (broad SMARTS) is 1. The normalized spacial score (nSPS) is 16.8. The van der Waals surface area contributed by atoms with Gasteiger partial charge < -0.3 is 14.4 Å². The molecular weight excluding hydrogens is 238 g/mol. The molecule has 1 aliphatic rings. The molecule has 7 heteroatoms. The molecule has 0 saturated carbocycles. The Hall–Kier alpha value is -1.89. The summed E-state index contributed by atoms with van der Waals surface area (Å²) in [6, 6.07) is 0. The molecular formula is C11H15N3O4. The van der Waals surface area contributed by atoms with Gasteiger partial charge in [0.25, 0.3) is 0 Å². The Labute approximate surface area is 104 Å². The number of aromatic carboxylic acids is 1. The van der Waals surface area contributed by atoms with Crippen LogP contribution in [0.2, 0.25) is 0 Å². The Kier molecular flexibility index (Phi) is 3.61. The first-order valence-electron chi connectivity index (χ1n) is 5.72. The molecule has 1 N–H and O–H groups in total. The molecule has 0 spiro atoms. The fourth-order valence-corrected chi connectivity index (χ4v) is 1.89. The van der Waals surface area contributed by atoms with Crippen LogP contribution in [0.1, 0.15) is 23.3 Å². The second kappa shape index (κ2) is 5.18. The number of rotatable bonds is 3. The molecule has 0 aliphatic carbocycles. The summed E-state index contributed by atoms with van der Waals surface area (Å²) in [5.41, 5.74) is -0.0765. The quantitative estimate of drug-likeness (QED) is 0.818. The molecule has 1 aromatic rings. The Bertz CT molecular complexity index is 449. The molecule has 0 unspecified atom stereocenters. The third-order valence-electron chi connectivity index (χ3n) is 2.95. The lowest BCUT2D eigenvalue weighted by molar-refractivity contribution is -0.130. The van der Waals surface area contributed by atoms with Gasteiger partial charge in [0.05, 0.1) is 6.54 Å². The molecule has 0 bridgehead atoms. The highest BCUT2D eigenvalue weighted by molar-refractivity contribution is 5.84. The average molecular weight is 253 g/mol. The van der Waals surface area contributed by atoms with E-state index in [1.54, 1.807) is 11.8 Å². The lowest BCUT2D eigenvalue weighted by Gasteiger charge is -2.33. The van der Waals surface area contributed by atoms with Gasteiger partial charge in [0.15, 0.2) is 5.69 Å². The van der Waals surface area contributed by atoms with Gasteiger partial charge in [0.2, 0.25) is 11.8 Å². The Balaban J connectivity index is 1.87.